The maximum absolute atomic E-state index is 12.2. The van der Waals surface area contributed by atoms with E-state index in [2.05, 4.69) is 39.0 Å². The summed E-state index contributed by atoms with van der Waals surface area (Å²) in [5.41, 5.74) is 5.06. The van der Waals surface area contributed by atoms with E-state index in [4.69, 9.17) is 0 Å². The summed E-state index contributed by atoms with van der Waals surface area (Å²) in [6.45, 7) is 4.09. The smallest absolute Gasteiger partial charge is 0.225 e. The van der Waals surface area contributed by atoms with Crippen LogP contribution in [0, 0.1) is 13.8 Å². The molecule has 0 bridgehead atoms. The SMILES string of the molecule is Cc1cccc(NC(=O)CCSc2nnc3cc(C)c4ccccc4n23)c1. The standard InChI is InChI=1S/C21H20N4OS/c1-14-6-5-7-16(12-14)22-20(26)10-11-27-21-24-23-19-13-15(2)17-8-3-4-9-18(17)25(19)21/h3-9,12-13H,10-11H2,1-2H3,(H,22,26). The van der Waals surface area contributed by atoms with Crippen molar-refractivity contribution in [2.45, 2.75) is 25.4 Å². The van der Waals surface area contributed by atoms with Gasteiger partial charge in [0.25, 0.3) is 0 Å². The number of carbonyl (C=O) groups is 1. The van der Waals surface area contributed by atoms with Gasteiger partial charge in [-0.2, -0.15) is 0 Å². The molecular formula is C21H20N4OS. The summed E-state index contributed by atoms with van der Waals surface area (Å²) in [5.74, 6) is 0.642. The number of nitrogens with zero attached hydrogens (tertiary/aromatic N) is 3. The zero-order valence-corrected chi connectivity index (χ0v) is 16.1. The number of hydrogen-bond donors (Lipinski definition) is 1. The second-order valence-corrected chi connectivity index (χ2v) is 7.60. The van der Waals surface area contributed by atoms with E-state index in [0.29, 0.717) is 12.2 Å². The van der Waals surface area contributed by atoms with Crippen LogP contribution in [-0.4, -0.2) is 26.3 Å². The van der Waals surface area contributed by atoms with Crippen LogP contribution < -0.4 is 5.32 Å². The highest BCUT2D eigenvalue weighted by atomic mass is 32.2. The summed E-state index contributed by atoms with van der Waals surface area (Å²) < 4.78 is 2.06. The molecule has 2 heterocycles. The lowest BCUT2D eigenvalue weighted by Crippen LogP contribution is -2.12. The van der Waals surface area contributed by atoms with Crippen LogP contribution in [0.5, 0.6) is 0 Å². The fourth-order valence-corrected chi connectivity index (χ4v) is 4.04. The Morgan fingerprint density at radius 3 is 2.78 bits per heavy atom. The van der Waals surface area contributed by atoms with E-state index < -0.39 is 0 Å². The second-order valence-electron chi connectivity index (χ2n) is 6.54. The van der Waals surface area contributed by atoms with Gasteiger partial charge in [0.15, 0.2) is 10.8 Å². The van der Waals surface area contributed by atoms with Gasteiger partial charge in [0.1, 0.15) is 0 Å². The molecule has 2 aromatic carbocycles. The average molecular weight is 376 g/mol. The summed E-state index contributed by atoms with van der Waals surface area (Å²) in [5, 5.41) is 13.6. The number of para-hydroxylation sites is 1. The van der Waals surface area contributed by atoms with E-state index in [1.54, 1.807) is 11.8 Å². The van der Waals surface area contributed by atoms with Crippen LogP contribution in [0.2, 0.25) is 0 Å². The molecule has 1 N–H and O–H groups in total. The summed E-state index contributed by atoms with van der Waals surface area (Å²) in [7, 11) is 0. The predicted octanol–water partition coefficient (Wildman–Crippen LogP) is 4.62. The number of rotatable bonds is 5. The Morgan fingerprint density at radius 2 is 1.93 bits per heavy atom. The molecule has 0 aliphatic heterocycles. The van der Waals surface area contributed by atoms with Crippen LogP contribution in [0.4, 0.5) is 5.69 Å². The van der Waals surface area contributed by atoms with Crippen molar-refractivity contribution >= 4 is 39.9 Å². The molecule has 4 rings (SSSR count). The van der Waals surface area contributed by atoms with Gasteiger partial charge in [-0.1, -0.05) is 42.1 Å². The Morgan fingerprint density at radius 1 is 1.07 bits per heavy atom. The number of nitrogens with one attached hydrogen (secondary N) is 1. The van der Waals surface area contributed by atoms with Crippen molar-refractivity contribution in [3.05, 3.63) is 65.7 Å². The molecule has 0 fully saturated rings. The fourth-order valence-electron chi connectivity index (χ4n) is 3.15. The monoisotopic (exact) mass is 376 g/mol. The summed E-state index contributed by atoms with van der Waals surface area (Å²) in [6.07, 6.45) is 0.414. The van der Waals surface area contributed by atoms with Gasteiger partial charge in [-0.3, -0.25) is 9.20 Å². The van der Waals surface area contributed by atoms with Crippen LogP contribution >= 0.6 is 11.8 Å². The molecular weight excluding hydrogens is 356 g/mol. The molecule has 2 aromatic heterocycles. The number of aromatic nitrogens is 3. The summed E-state index contributed by atoms with van der Waals surface area (Å²) in [4.78, 5) is 12.2. The van der Waals surface area contributed by atoms with Crippen molar-refractivity contribution in [1.29, 1.82) is 0 Å². The van der Waals surface area contributed by atoms with Crippen molar-refractivity contribution in [2.75, 3.05) is 11.1 Å². The minimum atomic E-state index is 0.00243. The van der Waals surface area contributed by atoms with Gasteiger partial charge in [0.05, 0.1) is 5.52 Å². The van der Waals surface area contributed by atoms with Gasteiger partial charge < -0.3 is 5.32 Å². The second kappa shape index (κ2) is 7.40. The zero-order valence-electron chi connectivity index (χ0n) is 15.3. The zero-order chi connectivity index (χ0) is 18.8. The first-order valence-electron chi connectivity index (χ1n) is 8.84. The first-order valence-corrected chi connectivity index (χ1v) is 9.83. The lowest BCUT2D eigenvalue weighted by Gasteiger charge is -2.08. The van der Waals surface area contributed by atoms with E-state index in [1.165, 1.54) is 10.9 Å². The Balaban J connectivity index is 1.48. The van der Waals surface area contributed by atoms with Gasteiger partial charge in [-0.05, 0) is 49.2 Å². The number of pyridine rings is 1. The highest BCUT2D eigenvalue weighted by Crippen LogP contribution is 2.26. The van der Waals surface area contributed by atoms with Crippen LogP contribution in [0.25, 0.3) is 16.6 Å². The van der Waals surface area contributed by atoms with Gasteiger partial charge in [0.2, 0.25) is 5.91 Å². The minimum Gasteiger partial charge on any atom is -0.326 e. The van der Waals surface area contributed by atoms with Gasteiger partial charge in [-0.15, -0.1) is 10.2 Å². The number of thioether (sulfide) groups is 1. The van der Waals surface area contributed by atoms with Crippen molar-refractivity contribution in [3.63, 3.8) is 0 Å². The number of aryl methyl sites for hydroxylation is 2. The van der Waals surface area contributed by atoms with E-state index >= 15 is 0 Å². The highest BCUT2D eigenvalue weighted by Gasteiger charge is 2.12. The van der Waals surface area contributed by atoms with E-state index in [-0.39, 0.29) is 5.91 Å². The quantitative estimate of drug-likeness (QED) is 0.516. The first-order chi connectivity index (χ1) is 13.1. The molecule has 136 valence electrons. The third kappa shape index (κ3) is 3.66. The number of benzene rings is 2. The minimum absolute atomic E-state index is 0.00243. The molecule has 0 spiro atoms. The van der Waals surface area contributed by atoms with E-state index in [1.807, 2.05) is 49.4 Å². The lowest BCUT2D eigenvalue weighted by atomic mass is 10.1. The topological polar surface area (TPSA) is 59.3 Å². The normalized spacial score (nSPS) is 11.2. The third-order valence-electron chi connectivity index (χ3n) is 4.44. The number of carbonyl (C=O) groups excluding carboxylic acids is 1. The van der Waals surface area contributed by atoms with Crippen molar-refractivity contribution in [3.8, 4) is 0 Å². The molecule has 0 aliphatic carbocycles. The Hall–Kier alpha value is -2.86. The van der Waals surface area contributed by atoms with Crippen LogP contribution in [0.15, 0.2) is 59.8 Å². The van der Waals surface area contributed by atoms with Gasteiger partial charge in [0, 0.05) is 23.2 Å². The lowest BCUT2D eigenvalue weighted by molar-refractivity contribution is -0.115. The Labute approximate surface area is 161 Å². The summed E-state index contributed by atoms with van der Waals surface area (Å²) >= 11 is 1.55. The summed E-state index contributed by atoms with van der Waals surface area (Å²) in [6, 6.07) is 18.1. The number of fused-ring (bicyclic) bond motifs is 3. The molecule has 0 atom stereocenters. The molecule has 0 aliphatic rings. The number of amides is 1. The van der Waals surface area contributed by atoms with E-state index in [9.17, 15) is 4.79 Å². The Bertz CT molecular complexity index is 1140. The first kappa shape index (κ1) is 17.5. The van der Waals surface area contributed by atoms with Crippen LogP contribution in [-0.2, 0) is 4.79 Å². The van der Waals surface area contributed by atoms with Gasteiger partial charge >= 0.3 is 0 Å². The van der Waals surface area contributed by atoms with E-state index in [0.717, 1.165) is 27.6 Å². The Kier molecular flexibility index (Phi) is 4.81. The van der Waals surface area contributed by atoms with Crippen LogP contribution in [0.1, 0.15) is 17.5 Å². The van der Waals surface area contributed by atoms with Crippen molar-refractivity contribution in [2.24, 2.45) is 0 Å². The largest absolute Gasteiger partial charge is 0.326 e. The molecule has 0 unspecified atom stereocenters. The molecule has 5 nitrogen and oxygen atoms in total. The highest BCUT2D eigenvalue weighted by molar-refractivity contribution is 7.99. The molecule has 6 heteroatoms. The molecule has 27 heavy (non-hydrogen) atoms. The van der Waals surface area contributed by atoms with Crippen LogP contribution in [0.3, 0.4) is 0 Å². The molecule has 1 amide bonds. The van der Waals surface area contributed by atoms with Crippen molar-refractivity contribution in [1.82, 2.24) is 14.6 Å². The molecule has 0 radical (unpaired) electrons. The maximum atomic E-state index is 12.2. The molecule has 0 saturated heterocycles. The number of hydrogen-bond acceptors (Lipinski definition) is 4. The molecule has 4 aromatic rings. The van der Waals surface area contributed by atoms with Crippen molar-refractivity contribution < 1.29 is 4.79 Å². The third-order valence-corrected chi connectivity index (χ3v) is 5.37. The molecule has 0 saturated carbocycles. The predicted molar refractivity (Wildman–Crippen MR) is 110 cm³/mol. The van der Waals surface area contributed by atoms with Gasteiger partial charge in [-0.25, -0.2) is 0 Å². The maximum Gasteiger partial charge on any atom is 0.225 e. The number of anilines is 1. The average Bonchev–Trinajstić information content (AvgIpc) is 3.05. The fraction of sp³-hybridized carbons (Fsp3) is 0.190.